The second kappa shape index (κ2) is 5.46. The molecule has 1 rings (SSSR count). The van der Waals surface area contributed by atoms with Gasteiger partial charge in [-0.1, -0.05) is 13.8 Å². The zero-order valence-electron chi connectivity index (χ0n) is 9.49. The van der Waals surface area contributed by atoms with E-state index in [9.17, 15) is 9.59 Å². The molecule has 5 heteroatoms. The van der Waals surface area contributed by atoms with Gasteiger partial charge in [0.25, 0.3) is 5.91 Å². The Labute approximate surface area is 94.1 Å². The van der Waals surface area contributed by atoms with E-state index in [0.717, 1.165) is 0 Å². The predicted molar refractivity (Wildman–Crippen MR) is 62.2 cm³/mol. The van der Waals surface area contributed by atoms with Gasteiger partial charge in [0, 0.05) is 30.4 Å². The summed E-state index contributed by atoms with van der Waals surface area (Å²) in [6, 6.07) is 2.74. The van der Waals surface area contributed by atoms with Crippen LogP contribution in [0.15, 0.2) is 23.1 Å². The average Bonchev–Trinajstić information content (AvgIpc) is 2.25. The summed E-state index contributed by atoms with van der Waals surface area (Å²) in [5, 5.41) is 2.69. The number of H-pyrrole nitrogens is 1. The van der Waals surface area contributed by atoms with E-state index in [1.54, 1.807) is 6.07 Å². The van der Waals surface area contributed by atoms with Crippen LogP contribution < -0.4 is 16.6 Å². The van der Waals surface area contributed by atoms with Crippen LogP contribution in [0.4, 0.5) is 0 Å². The number of pyridine rings is 1. The Morgan fingerprint density at radius 3 is 2.81 bits per heavy atom. The van der Waals surface area contributed by atoms with E-state index in [-0.39, 0.29) is 17.5 Å². The molecule has 5 nitrogen and oxygen atoms in total. The van der Waals surface area contributed by atoms with Gasteiger partial charge in [0.2, 0.25) is 5.56 Å². The van der Waals surface area contributed by atoms with E-state index in [1.165, 1.54) is 12.3 Å². The van der Waals surface area contributed by atoms with E-state index in [1.807, 2.05) is 13.8 Å². The molecule has 0 aliphatic rings. The van der Waals surface area contributed by atoms with Crippen molar-refractivity contribution in [3.8, 4) is 0 Å². The summed E-state index contributed by atoms with van der Waals surface area (Å²) in [5.41, 5.74) is 5.85. The number of carbonyl (C=O) groups is 1. The van der Waals surface area contributed by atoms with Crippen molar-refractivity contribution < 1.29 is 4.79 Å². The highest BCUT2D eigenvalue weighted by Crippen LogP contribution is 1.97. The van der Waals surface area contributed by atoms with E-state index in [0.29, 0.717) is 18.0 Å². The quantitative estimate of drug-likeness (QED) is 0.676. The fourth-order valence-electron chi connectivity index (χ4n) is 1.13. The first kappa shape index (κ1) is 12.4. The topological polar surface area (TPSA) is 88.0 Å². The molecule has 1 amide bonds. The Morgan fingerprint density at radius 1 is 1.56 bits per heavy atom. The lowest BCUT2D eigenvalue weighted by atomic mass is 10.1. The molecule has 0 fully saturated rings. The van der Waals surface area contributed by atoms with E-state index in [2.05, 4.69) is 10.3 Å². The molecule has 1 aromatic rings. The third kappa shape index (κ3) is 3.51. The fraction of sp³-hybridized carbons (Fsp3) is 0.455. The second-order valence-corrected chi connectivity index (χ2v) is 4.06. The highest BCUT2D eigenvalue weighted by molar-refractivity contribution is 5.93. The van der Waals surface area contributed by atoms with Crippen molar-refractivity contribution >= 4 is 5.91 Å². The molecule has 16 heavy (non-hydrogen) atoms. The zero-order valence-corrected chi connectivity index (χ0v) is 9.49. The summed E-state index contributed by atoms with van der Waals surface area (Å²) in [7, 11) is 0. The maximum absolute atomic E-state index is 11.6. The van der Waals surface area contributed by atoms with E-state index >= 15 is 0 Å². The van der Waals surface area contributed by atoms with E-state index < -0.39 is 0 Å². The van der Waals surface area contributed by atoms with Crippen molar-refractivity contribution in [2.24, 2.45) is 11.7 Å². The molecule has 0 aromatic carbocycles. The second-order valence-electron chi connectivity index (χ2n) is 4.06. The number of nitrogens with one attached hydrogen (secondary N) is 2. The van der Waals surface area contributed by atoms with Crippen LogP contribution in [0.5, 0.6) is 0 Å². The van der Waals surface area contributed by atoms with Crippen LogP contribution in [0.2, 0.25) is 0 Å². The van der Waals surface area contributed by atoms with Crippen LogP contribution in [0.25, 0.3) is 0 Å². The molecule has 0 saturated carbocycles. The normalized spacial score (nSPS) is 12.5. The summed E-state index contributed by atoms with van der Waals surface area (Å²) in [4.78, 5) is 25.0. The van der Waals surface area contributed by atoms with Crippen molar-refractivity contribution in [2.75, 3.05) is 6.54 Å². The monoisotopic (exact) mass is 223 g/mol. The summed E-state index contributed by atoms with van der Waals surface area (Å²) >= 11 is 0. The minimum atomic E-state index is -0.291. The Hall–Kier alpha value is -1.62. The first-order valence-corrected chi connectivity index (χ1v) is 5.23. The Morgan fingerprint density at radius 2 is 2.25 bits per heavy atom. The first-order chi connectivity index (χ1) is 7.50. The average molecular weight is 223 g/mol. The Kier molecular flexibility index (Phi) is 4.25. The first-order valence-electron chi connectivity index (χ1n) is 5.23. The maximum atomic E-state index is 11.6. The highest BCUT2D eigenvalue weighted by Gasteiger charge is 2.10. The van der Waals surface area contributed by atoms with Gasteiger partial charge in [0.05, 0.1) is 0 Å². The summed E-state index contributed by atoms with van der Waals surface area (Å²) < 4.78 is 0. The predicted octanol–water partition coefficient (Wildman–Crippen LogP) is 0.0880. The molecule has 0 radical (unpaired) electrons. The number of amides is 1. The van der Waals surface area contributed by atoms with Gasteiger partial charge in [-0.05, 0) is 12.0 Å². The van der Waals surface area contributed by atoms with Crippen molar-refractivity contribution in [1.82, 2.24) is 10.3 Å². The van der Waals surface area contributed by atoms with Gasteiger partial charge in [-0.15, -0.1) is 0 Å². The van der Waals surface area contributed by atoms with Crippen LogP contribution >= 0.6 is 0 Å². The molecule has 88 valence electrons. The SMILES string of the molecule is CC(C)C(N)CNC(=O)c1cc[nH]c(=O)c1. The van der Waals surface area contributed by atoms with Crippen molar-refractivity contribution in [1.29, 1.82) is 0 Å². The summed E-state index contributed by atoms with van der Waals surface area (Å²) in [5.74, 6) is 0.0293. The molecule has 0 spiro atoms. The van der Waals surface area contributed by atoms with Crippen molar-refractivity contribution in [3.05, 3.63) is 34.2 Å². The van der Waals surface area contributed by atoms with Gasteiger partial charge < -0.3 is 16.0 Å². The van der Waals surface area contributed by atoms with Gasteiger partial charge in [-0.2, -0.15) is 0 Å². The Bertz CT molecular complexity index is 412. The van der Waals surface area contributed by atoms with Crippen LogP contribution in [0, 0.1) is 5.92 Å². The lowest BCUT2D eigenvalue weighted by molar-refractivity contribution is 0.0949. The summed E-state index contributed by atoms with van der Waals surface area (Å²) in [6.07, 6.45) is 1.44. The van der Waals surface area contributed by atoms with Gasteiger partial charge in [-0.25, -0.2) is 0 Å². The largest absolute Gasteiger partial charge is 0.350 e. The third-order valence-corrected chi connectivity index (χ3v) is 2.39. The molecule has 0 aliphatic carbocycles. The number of hydrogen-bond donors (Lipinski definition) is 3. The molecule has 0 saturated heterocycles. The molecule has 0 aliphatic heterocycles. The van der Waals surface area contributed by atoms with Crippen molar-refractivity contribution in [2.45, 2.75) is 19.9 Å². The van der Waals surface area contributed by atoms with Gasteiger partial charge in [-0.3, -0.25) is 9.59 Å². The minimum Gasteiger partial charge on any atom is -0.350 e. The number of hydrogen-bond acceptors (Lipinski definition) is 3. The van der Waals surface area contributed by atoms with Crippen LogP contribution in [-0.2, 0) is 0 Å². The highest BCUT2D eigenvalue weighted by atomic mass is 16.2. The van der Waals surface area contributed by atoms with Gasteiger partial charge in [0.1, 0.15) is 0 Å². The molecule has 4 N–H and O–H groups in total. The molecule has 0 bridgehead atoms. The molecule has 1 unspecified atom stereocenters. The van der Waals surface area contributed by atoms with Crippen molar-refractivity contribution in [3.63, 3.8) is 0 Å². The molecule has 1 atom stereocenters. The third-order valence-electron chi connectivity index (χ3n) is 2.39. The van der Waals surface area contributed by atoms with Gasteiger partial charge in [0.15, 0.2) is 0 Å². The fourth-order valence-corrected chi connectivity index (χ4v) is 1.13. The minimum absolute atomic E-state index is 0.0778. The van der Waals surface area contributed by atoms with Crippen LogP contribution in [0.1, 0.15) is 24.2 Å². The number of rotatable bonds is 4. The maximum Gasteiger partial charge on any atom is 0.251 e. The van der Waals surface area contributed by atoms with E-state index in [4.69, 9.17) is 5.73 Å². The Balaban J connectivity index is 2.57. The molecular formula is C11H17N3O2. The van der Waals surface area contributed by atoms with Gasteiger partial charge >= 0.3 is 0 Å². The zero-order chi connectivity index (χ0) is 12.1. The standard InChI is InChI=1S/C11H17N3O2/c1-7(2)9(12)6-14-11(16)8-3-4-13-10(15)5-8/h3-5,7,9H,6,12H2,1-2H3,(H,13,15)(H,14,16). The molecular weight excluding hydrogens is 206 g/mol. The number of carbonyl (C=O) groups excluding carboxylic acids is 1. The number of nitrogens with two attached hydrogens (primary N) is 1. The summed E-state index contributed by atoms with van der Waals surface area (Å²) in [6.45, 7) is 4.39. The smallest absolute Gasteiger partial charge is 0.251 e. The van der Waals surface area contributed by atoms with Crippen LogP contribution in [-0.4, -0.2) is 23.5 Å². The lowest BCUT2D eigenvalue weighted by Crippen LogP contribution is -2.40. The molecule has 1 heterocycles. The van der Waals surface area contributed by atoms with Crippen LogP contribution in [0.3, 0.4) is 0 Å². The number of aromatic nitrogens is 1. The molecule has 1 aromatic heterocycles. The lowest BCUT2D eigenvalue weighted by Gasteiger charge is -2.15. The number of aromatic amines is 1.